The Hall–Kier alpha value is -1.52. The molecule has 2 aromatic rings. The van der Waals surface area contributed by atoms with Crippen LogP contribution in [0.15, 0.2) is 59.5 Å². The first kappa shape index (κ1) is 18.3. The fourth-order valence-electron chi connectivity index (χ4n) is 3.32. The van der Waals surface area contributed by atoms with E-state index < -0.39 is 23.1 Å². The Balaban J connectivity index is 1.77. The molecule has 1 aliphatic carbocycles. The quantitative estimate of drug-likeness (QED) is 0.764. The van der Waals surface area contributed by atoms with Gasteiger partial charge < -0.3 is 4.74 Å². The molecule has 0 saturated heterocycles. The second-order valence-electron chi connectivity index (χ2n) is 6.91. The predicted octanol–water partition coefficient (Wildman–Crippen LogP) is 4.82. The molecule has 0 aromatic heterocycles. The third kappa shape index (κ3) is 4.36. The Morgan fingerprint density at radius 2 is 1.76 bits per heavy atom. The zero-order valence-corrected chi connectivity index (χ0v) is 15.5. The molecule has 1 saturated carbocycles. The van der Waals surface area contributed by atoms with Crippen LogP contribution in [0.1, 0.15) is 30.9 Å². The highest BCUT2D eigenvalue weighted by Crippen LogP contribution is 2.34. The van der Waals surface area contributed by atoms with Crippen LogP contribution >= 0.6 is 0 Å². The minimum atomic E-state index is -1.27. The van der Waals surface area contributed by atoms with Gasteiger partial charge in [-0.15, -0.1) is 0 Å². The van der Waals surface area contributed by atoms with Gasteiger partial charge >= 0.3 is 0 Å². The van der Waals surface area contributed by atoms with E-state index in [1.54, 1.807) is 0 Å². The minimum Gasteiger partial charge on any atom is -0.369 e. The van der Waals surface area contributed by atoms with Gasteiger partial charge in [0, 0.05) is 4.90 Å². The summed E-state index contributed by atoms with van der Waals surface area (Å²) in [7, 11) is -1.27. The van der Waals surface area contributed by atoms with Gasteiger partial charge in [0.2, 0.25) is 0 Å². The largest absolute Gasteiger partial charge is 0.369 e. The molecule has 134 valence electrons. The van der Waals surface area contributed by atoms with Gasteiger partial charge in [-0.25, -0.2) is 4.39 Å². The van der Waals surface area contributed by atoms with E-state index in [1.165, 1.54) is 0 Å². The van der Waals surface area contributed by atoms with Crippen LogP contribution in [0, 0.1) is 12.8 Å². The lowest BCUT2D eigenvalue weighted by Crippen LogP contribution is -2.47. The summed E-state index contributed by atoms with van der Waals surface area (Å²) in [5.41, 5.74) is 2.13. The Morgan fingerprint density at radius 3 is 2.44 bits per heavy atom. The lowest BCUT2D eigenvalue weighted by Gasteiger charge is -2.37. The van der Waals surface area contributed by atoms with Gasteiger partial charge in [0.25, 0.3) is 0 Å². The molecule has 0 unspecified atom stereocenters. The molecule has 0 amide bonds. The molecule has 25 heavy (non-hydrogen) atoms. The number of hydrogen-bond donors (Lipinski definition) is 0. The predicted molar refractivity (Wildman–Crippen MR) is 99.7 cm³/mol. The summed E-state index contributed by atoms with van der Waals surface area (Å²) in [5, 5.41) is -0.308. The molecule has 2 aromatic carbocycles. The lowest BCUT2D eigenvalue weighted by atomic mass is 9.86. The standard InChI is InChI=1S/C21H25FO2S/c1-15-8-11-18(12-9-15)25(23)19-13-10-16(2)20(22)21(19)24-14-17-6-4-3-5-7-17/h3-9,11-12,16,19-21H,10,13-14H2,1-2H3/t16-,19-,20+,21-,25-/m0/s1. The van der Waals surface area contributed by atoms with Gasteiger partial charge in [-0.2, -0.15) is 0 Å². The number of alkyl halides is 1. The molecule has 0 spiro atoms. The van der Waals surface area contributed by atoms with E-state index in [9.17, 15) is 8.60 Å². The molecular weight excluding hydrogens is 335 g/mol. The van der Waals surface area contributed by atoms with E-state index in [4.69, 9.17) is 4.74 Å². The van der Waals surface area contributed by atoms with E-state index in [-0.39, 0.29) is 11.2 Å². The van der Waals surface area contributed by atoms with Crippen molar-refractivity contribution in [2.75, 3.05) is 0 Å². The zero-order valence-electron chi connectivity index (χ0n) is 14.7. The Labute approximate surface area is 151 Å². The number of aryl methyl sites for hydroxylation is 1. The van der Waals surface area contributed by atoms with E-state index in [0.717, 1.165) is 28.9 Å². The average Bonchev–Trinajstić information content (AvgIpc) is 2.64. The number of rotatable bonds is 5. The Kier molecular flexibility index (Phi) is 6.02. The summed E-state index contributed by atoms with van der Waals surface area (Å²) in [4.78, 5) is 0.755. The summed E-state index contributed by atoms with van der Waals surface area (Å²) in [5.74, 6) is -0.0629. The SMILES string of the molecule is Cc1ccc([S@](=O)[C@H]2CC[C@H](C)[C@@H](F)[C@H]2OCc2ccccc2)cc1. The van der Waals surface area contributed by atoms with Crippen molar-refractivity contribution in [2.45, 2.75) is 55.7 Å². The van der Waals surface area contributed by atoms with E-state index in [0.29, 0.717) is 6.61 Å². The minimum absolute atomic E-state index is 0.0629. The van der Waals surface area contributed by atoms with Crippen molar-refractivity contribution in [3.63, 3.8) is 0 Å². The smallest absolute Gasteiger partial charge is 0.130 e. The van der Waals surface area contributed by atoms with Crippen molar-refractivity contribution >= 4 is 10.8 Å². The first-order valence-electron chi connectivity index (χ1n) is 8.83. The number of benzene rings is 2. The monoisotopic (exact) mass is 360 g/mol. The summed E-state index contributed by atoms with van der Waals surface area (Å²) in [6.45, 7) is 4.26. The average molecular weight is 360 g/mol. The highest BCUT2D eigenvalue weighted by atomic mass is 32.2. The van der Waals surface area contributed by atoms with E-state index in [2.05, 4.69) is 0 Å². The maximum Gasteiger partial charge on any atom is 0.130 e. The highest BCUT2D eigenvalue weighted by Gasteiger charge is 2.42. The van der Waals surface area contributed by atoms with Gasteiger partial charge in [-0.05, 0) is 43.4 Å². The summed E-state index contributed by atoms with van der Waals surface area (Å²) < 4.78 is 33.9. The van der Waals surface area contributed by atoms with Gasteiger partial charge in [0.1, 0.15) is 12.3 Å². The molecule has 5 atom stereocenters. The Bertz CT molecular complexity index is 702. The molecule has 3 rings (SSSR count). The normalized spacial score (nSPS) is 27.8. The van der Waals surface area contributed by atoms with Crippen LogP contribution in [0.2, 0.25) is 0 Å². The fraction of sp³-hybridized carbons (Fsp3) is 0.429. The molecule has 0 N–H and O–H groups in total. The number of ether oxygens (including phenoxy) is 1. The number of halogens is 1. The summed E-state index contributed by atoms with van der Waals surface area (Å²) >= 11 is 0. The molecule has 1 fully saturated rings. The molecule has 1 aliphatic rings. The zero-order chi connectivity index (χ0) is 17.8. The molecule has 0 heterocycles. The topological polar surface area (TPSA) is 26.3 Å². The van der Waals surface area contributed by atoms with Gasteiger partial charge in [-0.1, -0.05) is 55.0 Å². The molecule has 0 bridgehead atoms. The van der Waals surface area contributed by atoms with E-state index in [1.807, 2.05) is 68.4 Å². The van der Waals surface area contributed by atoms with Gasteiger partial charge in [-0.3, -0.25) is 4.21 Å². The second-order valence-corrected chi connectivity index (χ2v) is 8.58. The van der Waals surface area contributed by atoms with Crippen molar-refractivity contribution < 1.29 is 13.3 Å². The van der Waals surface area contributed by atoms with Crippen LogP contribution in [0.25, 0.3) is 0 Å². The van der Waals surface area contributed by atoms with Crippen molar-refractivity contribution in [1.82, 2.24) is 0 Å². The molecule has 4 heteroatoms. The second kappa shape index (κ2) is 8.24. The highest BCUT2D eigenvalue weighted by molar-refractivity contribution is 7.85. The Morgan fingerprint density at radius 1 is 1.08 bits per heavy atom. The van der Waals surface area contributed by atoms with Crippen LogP contribution in [0.5, 0.6) is 0 Å². The maximum atomic E-state index is 14.9. The molecule has 0 radical (unpaired) electrons. The van der Waals surface area contributed by atoms with Crippen molar-refractivity contribution in [1.29, 1.82) is 0 Å². The molecular formula is C21H25FO2S. The van der Waals surface area contributed by atoms with Gasteiger partial charge in [0.15, 0.2) is 0 Å². The molecule has 2 nitrogen and oxygen atoms in total. The third-order valence-corrected chi connectivity index (χ3v) is 6.73. The first-order chi connectivity index (χ1) is 12.1. The van der Waals surface area contributed by atoms with Crippen LogP contribution in [-0.2, 0) is 22.1 Å². The fourth-order valence-corrected chi connectivity index (χ4v) is 4.90. The van der Waals surface area contributed by atoms with E-state index >= 15 is 0 Å². The number of hydrogen-bond acceptors (Lipinski definition) is 2. The molecule has 0 aliphatic heterocycles. The third-order valence-electron chi connectivity index (χ3n) is 4.94. The van der Waals surface area contributed by atoms with Crippen LogP contribution in [0.4, 0.5) is 4.39 Å². The van der Waals surface area contributed by atoms with Crippen molar-refractivity contribution in [3.05, 3.63) is 65.7 Å². The first-order valence-corrected chi connectivity index (χ1v) is 10.0. The van der Waals surface area contributed by atoms with Crippen molar-refractivity contribution in [3.8, 4) is 0 Å². The van der Waals surface area contributed by atoms with Crippen LogP contribution in [-0.4, -0.2) is 21.7 Å². The van der Waals surface area contributed by atoms with Crippen LogP contribution in [0.3, 0.4) is 0 Å². The summed E-state index contributed by atoms with van der Waals surface area (Å²) in [6, 6.07) is 17.4. The van der Waals surface area contributed by atoms with Crippen molar-refractivity contribution in [2.24, 2.45) is 5.92 Å². The maximum absolute atomic E-state index is 14.9. The van der Waals surface area contributed by atoms with Gasteiger partial charge in [0.05, 0.1) is 22.7 Å². The van der Waals surface area contributed by atoms with Crippen LogP contribution < -0.4 is 0 Å². The summed E-state index contributed by atoms with van der Waals surface area (Å²) in [6.07, 6.45) is -0.251. The lowest BCUT2D eigenvalue weighted by molar-refractivity contribution is -0.0490.